The topological polar surface area (TPSA) is 75.4 Å². The summed E-state index contributed by atoms with van der Waals surface area (Å²) in [4.78, 5) is 26.4. The average molecular weight is 340 g/mol. The van der Waals surface area contributed by atoms with Crippen LogP contribution >= 0.6 is 12.4 Å². The summed E-state index contributed by atoms with van der Waals surface area (Å²) < 4.78 is 0. The summed E-state index contributed by atoms with van der Waals surface area (Å²) in [5.74, 6) is -0.314. The minimum atomic E-state index is -0.285. The second kappa shape index (κ2) is 8.20. The summed E-state index contributed by atoms with van der Waals surface area (Å²) in [6.45, 7) is 6.57. The predicted octanol–water partition coefficient (Wildman–Crippen LogP) is 2.97. The maximum absolute atomic E-state index is 12.4. The lowest BCUT2D eigenvalue weighted by atomic mass is 10.1. The highest BCUT2D eigenvalue weighted by atomic mass is 35.5. The Morgan fingerprint density at radius 2 is 2.17 bits per heavy atom. The molecule has 0 saturated carbocycles. The standard InChI is InChI=1S/C17H25N3O2.ClH/c1-4-5-12(3)20-10-13(8-16(20)21)17(22)19-15-9-14(18)7-6-11(15)2;/h6-7,9,12-13H,4-5,8,10,18H2,1-3H3,(H,19,22);1H. The molecule has 1 fully saturated rings. The number of nitrogen functional groups attached to an aromatic ring is 1. The molecule has 23 heavy (non-hydrogen) atoms. The van der Waals surface area contributed by atoms with Crippen molar-refractivity contribution in [2.45, 2.75) is 46.1 Å². The number of hydrogen-bond acceptors (Lipinski definition) is 3. The molecule has 1 saturated heterocycles. The van der Waals surface area contributed by atoms with E-state index in [1.165, 1.54) is 0 Å². The Labute approximate surface area is 144 Å². The molecule has 0 bridgehead atoms. The highest BCUT2D eigenvalue weighted by Crippen LogP contribution is 2.25. The van der Waals surface area contributed by atoms with Crippen LogP contribution in [0.2, 0.25) is 0 Å². The molecular formula is C17H26ClN3O2. The summed E-state index contributed by atoms with van der Waals surface area (Å²) in [5, 5.41) is 2.91. The lowest BCUT2D eigenvalue weighted by Crippen LogP contribution is -2.35. The first-order chi connectivity index (χ1) is 10.4. The van der Waals surface area contributed by atoms with E-state index in [0.717, 1.165) is 24.1 Å². The fourth-order valence-corrected chi connectivity index (χ4v) is 2.92. The molecule has 1 aromatic carbocycles. The lowest BCUT2D eigenvalue weighted by molar-refractivity contribution is -0.129. The van der Waals surface area contributed by atoms with Crippen molar-refractivity contribution in [3.63, 3.8) is 0 Å². The van der Waals surface area contributed by atoms with Crippen LogP contribution in [0.4, 0.5) is 11.4 Å². The van der Waals surface area contributed by atoms with Gasteiger partial charge in [0.15, 0.2) is 0 Å². The van der Waals surface area contributed by atoms with Gasteiger partial charge in [-0.1, -0.05) is 19.4 Å². The van der Waals surface area contributed by atoms with E-state index in [0.29, 0.717) is 18.7 Å². The van der Waals surface area contributed by atoms with E-state index in [2.05, 4.69) is 12.2 Å². The van der Waals surface area contributed by atoms with E-state index < -0.39 is 0 Å². The fourth-order valence-electron chi connectivity index (χ4n) is 2.92. The molecule has 3 N–H and O–H groups in total. The summed E-state index contributed by atoms with van der Waals surface area (Å²) in [6.07, 6.45) is 2.29. The summed E-state index contributed by atoms with van der Waals surface area (Å²) in [5.41, 5.74) is 8.05. The van der Waals surface area contributed by atoms with Crippen molar-refractivity contribution in [3.8, 4) is 0 Å². The first-order valence-corrected chi connectivity index (χ1v) is 7.88. The third kappa shape index (κ3) is 4.61. The van der Waals surface area contributed by atoms with Gasteiger partial charge >= 0.3 is 0 Å². The molecule has 128 valence electrons. The molecule has 2 atom stereocenters. The van der Waals surface area contributed by atoms with Gasteiger partial charge in [-0.3, -0.25) is 9.59 Å². The van der Waals surface area contributed by atoms with Gasteiger partial charge in [-0.2, -0.15) is 0 Å². The van der Waals surface area contributed by atoms with E-state index in [9.17, 15) is 9.59 Å². The molecule has 2 unspecified atom stereocenters. The third-order valence-corrected chi connectivity index (χ3v) is 4.29. The molecule has 6 heteroatoms. The number of nitrogens with zero attached hydrogens (tertiary/aromatic N) is 1. The van der Waals surface area contributed by atoms with Crippen molar-refractivity contribution < 1.29 is 9.59 Å². The van der Waals surface area contributed by atoms with Crippen molar-refractivity contribution in [2.75, 3.05) is 17.6 Å². The summed E-state index contributed by atoms with van der Waals surface area (Å²) in [7, 11) is 0. The first-order valence-electron chi connectivity index (χ1n) is 7.88. The second-order valence-electron chi connectivity index (χ2n) is 6.15. The van der Waals surface area contributed by atoms with Crippen molar-refractivity contribution >= 4 is 35.6 Å². The molecule has 5 nitrogen and oxygen atoms in total. The normalized spacial score (nSPS) is 18.5. The van der Waals surface area contributed by atoms with E-state index >= 15 is 0 Å². The van der Waals surface area contributed by atoms with Crippen LogP contribution in [-0.2, 0) is 9.59 Å². The second-order valence-corrected chi connectivity index (χ2v) is 6.15. The number of nitrogens with two attached hydrogens (primary N) is 1. The van der Waals surface area contributed by atoms with Crippen LogP contribution < -0.4 is 11.1 Å². The van der Waals surface area contributed by atoms with Crippen LogP contribution in [0.15, 0.2) is 18.2 Å². The zero-order chi connectivity index (χ0) is 16.3. The van der Waals surface area contributed by atoms with E-state index in [1.54, 1.807) is 12.1 Å². The number of nitrogens with one attached hydrogen (secondary N) is 1. The number of halogens is 1. The number of carbonyl (C=O) groups excluding carboxylic acids is 2. The van der Waals surface area contributed by atoms with Crippen LogP contribution in [0.25, 0.3) is 0 Å². The van der Waals surface area contributed by atoms with E-state index in [4.69, 9.17) is 5.73 Å². The Morgan fingerprint density at radius 3 is 2.83 bits per heavy atom. The Balaban J connectivity index is 0.00000264. The average Bonchev–Trinajstić information content (AvgIpc) is 2.85. The van der Waals surface area contributed by atoms with Crippen molar-refractivity contribution in [3.05, 3.63) is 23.8 Å². The molecule has 1 aromatic rings. The Kier molecular flexibility index (Phi) is 6.88. The van der Waals surface area contributed by atoms with Gasteiger partial charge in [-0.05, 0) is 38.0 Å². The quantitative estimate of drug-likeness (QED) is 0.810. The van der Waals surface area contributed by atoms with Gasteiger partial charge in [0.1, 0.15) is 0 Å². The number of amides is 2. The molecule has 2 rings (SSSR count). The zero-order valence-electron chi connectivity index (χ0n) is 14.0. The van der Waals surface area contributed by atoms with Crippen molar-refractivity contribution in [2.24, 2.45) is 5.92 Å². The van der Waals surface area contributed by atoms with Crippen LogP contribution in [0.1, 0.15) is 38.7 Å². The number of carbonyl (C=O) groups is 2. The third-order valence-electron chi connectivity index (χ3n) is 4.29. The lowest BCUT2D eigenvalue weighted by Gasteiger charge is -2.24. The molecule has 1 heterocycles. The number of anilines is 2. The number of benzene rings is 1. The number of hydrogen-bond donors (Lipinski definition) is 2. The van der Waals surface area contributed by atoms with Crippen LogP contribution in [0.3, 0.4) is 0 Å². The van der Waals surface area contributed by atoms with Gasteiger partial charge in [-0.25, -0.2) is 0 Å². The molecule has 0 aliphatic carbocycles. The maximum Gasteiger partial charge on any atom is 0.229 e. The van der Waals surface area contributed by atoms with Gasteiger partial charge in [0, 0.05) is 30.4 Å². The zero-order valence-corrected chi connectivity index (χ0v) is 14.8. The van der Waals surface area contributed by atoms with E-state index in [-0.39, 0.29) is 36.2 Å². The van der Waals surface area contributed by atoms with Gasteiger partial charge in [0.25, 0.3) is 0 Å². The van der Waals surface area contributed by atoms with Gasteiger partial charge in [0.05, 0.1) is 5.92 Å². The SMILES string of the molecule is CCCC(C)N1CC(C(=O)Nc2cc(N)ccc2C)CC1=O.Cl. The van der Waals surface area contributed by atoms with E-state index in [1.807, 2.05) is 24.8 Å². The Morgan fingerprint density at radius 1 is 1.48 bits per heavy atom. The molecule has 2 amide bonds. The van der Waals surface area contributed by atoms with Crippen LogP contribution in [0.5, 0.6) is 0 Å². The minimum Gasteiger partial charge on any atom is -0.399 e. The molecular weight excluding hydrogens is 314 g/mol. The molecule has 0 aromatic heterocycles. The predicted molar refractivity (Wildman–Crippen MR) is 95.7 cm³/mol. The molecule has 0 radical (unpaired) electrons. The van der Waals surface area contributed by atoms with Crippen molar-refractivity contribution in [1.82, 2.24) is 4.90 Å². The Bertz CT molecular complexity index is 577. The summed E-state index contributed by atoms with van der Waals surface area (Å²) in [6, 6.07) is 5.63. The van der Waals surface area contributed by atoms with Gasteiger partial charge < -0.3 is 16.0 Å². The highest BCUT2D eigenvalue weighted by Gasteiger charge is 2.36. The molecule has 0 spiro atoms. The monoisotopic (exact) mass is 339 g/mol. The number of rotatable bonds is 5. The van der Waals surface area contributed by atoms with Gasteiger partial charge in [0.2, 0.25) is 11.8 Å². The van der Waals surface area contributed by atoms with Crippen LogP contribution in [-0.4, -0.2) is 29.3 Å². The fraction of sp³-hybridized carbons (Fsp3) is 0.529. The van der Waals surface area contributed by atoms with Crippen molar-refractivity contribution in [1.29, 1.82) is 0 Å². The summed E-state index contributed by atoms with van der Waals surface area (Å²) >= 11 is 0. The Hall–Kier alpha value is -1.75. The number of likely N-dealkylation sites (tertiary alicyclic amines) is 1. The van der Waals surface area contributed by atoms with Gasteiger partial charge in [-0.15, -0.1) is 12.4 Å². The maximum atomic E-state index is 12.4. The highest BCUT2D eigenvalue weighted by molar-refractivity contribution is 5.98. The van der Waals surface area contributed by atoms with Crippen LogP contribution in [0, 0.1) is 12.8 Å². The first kappa shape index (κ1) is 19.3. The smallest absolute Gasteiger partial charge is 0.229 e. The minimum absolute atomic E-state index is 0. The molecule has 1 aliphatic rings. The largest absolute Gasteiger partial charge is 0.399 e. The number of aryl methyl sites for hydroxylation is 1. The molecule has 1 aliphatic heterocycles.